The van der Waals surface area contributed by atoms with Crippen LogP contribution < -0.4 is 5.32 Å². The summed E-state index contributed by atoms with van der Waals surface area (Å²) in [7, 11) is 1.66. The number of ether oxygens (including phenoxy) is 1. The second kappa shape index (κ2) is 8.08. The van der Waals surface area contributed by atoms with Gasteiger partial charge in [-0.15, -0.1) is 0 Å². The molecule has 0 aliphatic rings. The normalized spacial score (nSPS) is 11.6. The molecule has 124 valence electrons. The van der Waals surface area contributed by atoms with Gasteiger partial charge in [0.1, 0.15) is 5.60 Å². The van der Waals surface area contributed by atoms with E-state index in [0.717, 1.165) is 5.56 Å². The van der Waals surface area contributed by atoms with Crippen molar-refractivity contribution in [1.82, 2.24) is 10.2 Å². The van der Waals surface area contributed by atoms with E-state index in [4.69, 9.17) is 4.74 Å². The Morgan fingerprint density at radius 1 is 1.36 bits per heavy atom. The van der Waals surface area contributed by atoms with E-state index in [-0.39, 0.29) is 11.7 Å². The van der Waals surface area contributed by atoms with Crippen molar-refractivity contribution < 1.29 is 18.3 Å². The highest BCUT2D eigenvalue weighted by Crippen LogP contribution is 2.19. The zero-order chi connectivity index (χ0) is 16.8. The van der Waals surface area contributed by atoms with Crippen LogP contribution in [0, 0.1) is 0 Å². The number of nitrogens with one attached hydrogen (secondary N) is 1. The van der Waals surface area contributed by atoms with Crippen molar-refractivity contribution in [2.24, 2.45) is 0 Å². The summed E-state index contributed by atoms with van der Waals surface area (Å²) in [5.74, 6) is 0. The van der Waals surface area contributed by atoms with Crippen LogP contribution in [0.4, 0.5) is 13.6 Å². The lowest BCUT2D eigenvalue weighted by atomic mass is 10.1. The van der Waals surface area contributed by atoms with Crippen molar-refractivity contribution in [3.8, 4) is 0 Å². The molecule has 0 bridgehead atoms. The third-order valence-electron chi connectivity index (χ3n) is 2.86. The first kappa shape index (κ1) is 18.4. The number of carbonyl (C=O) groups excluding carboxylic acids is 1. The van der Waals surface area contributed by atoms with Gasteiger partial charge in [0.25, 0.3) is 6.43 Å². The maximum absolute atomic E-state index is 12.6. The van der Waals surface area contributed by atoms with Crippen LogP contribution in [0.15, 0.2) is 24.3 Å². The highest BCUT2D eigenvalue weighted by molar-refractivity contribution is 5.67. The average molecular weight is 314 g/mol. The second-order valence-corrected chi connectivity index (χ2v) is 6.12. The van der Waals surface area contributed by atoms with Gasteiger partial charge in [0, 0.05) is 32.2 Å². The largest absolute Gasteiger partial charge is 0.444 e. The molecule has 22 heavy (non-hydrogen) atoms. The molecule has 1 N–H and O–H groups in total. The molecule has 6 heteroatoms. The predicted molar refractivity (Wildman–Crippen MR) is 82.0 cm³/mol. The van der Waals surface area contributed by atoms with E-state index in [1.54, 1.807) is 19.2 Å². The number of hydrogen-bond donors (Lipinski definition) is 1. The molecule has 1 amide bonds. The molecule has 4 nitrogen and oxygen atoms in total. The van der Waals surface area contributed by atoms with Gasteiger partial charge in [-0.3, -0.25) is 0 Å². The van der Waals surface area contributed by atoms with Gasteiger partial charge < -0.3 is 15.0 Å². The molecular weight excluding hydrogens is 290 g/mol. The summed E-state index contributed by atoms with van der Waals surface area (Å²) in [6, 6.07) is 6.29. The lowest BCUT2D eigenvalue weighted by Crippen LogP contribution is -2.37. The standard InChI is InChI=1S/C16H24F2N2O2/c1-16(2,3)22-15(21)20(4)9-8-19-11-12-6-5-7-13(10-12)14(17)18/h5-7,10,14,19H,8-9,11H2,1-4H3. The SMILES string of the molecule is CN(CCNCc1cccc(C(F)F)c1)C(=O)OC(C)(C)C. The Balaban J connectivity index is 2.33. The first-order valence-corrected chi connectivity index (χ1v) is 7.21. The van der Waals surface area contributed by atoms with Crippen molar-refractivity contribution >= 4 is 6.09 Å². The first-order chi connectivity index (χ1) is 10.2. The van der Waals surface area contributed by atoms with Gasteiger partial charge in [0.15, 0.2) is 0 Å². The van der Waals surface area contributed by atoms with Gasteiger partial charge in [0.05, 0.1) is 0 Å². The minimum absolute atomic E-state index is 0.0187. The van der Waals surface area contributed by atoms with Gasteiger partial charge in [-0.1, -0.05) is 18.2 Å². The molecule has 0 saturated carbocycles. The van der Waals surface area contributed by atoms with E-state index in [1.165, 1.54) is 17.0 Å². The predicted octanol–water partition coefficient (Wildman–Crippen LogP) is 3.58. The Hall–Kier alpha value is -1.69. The number of nitrogens with zero attached hydrogens (tertiary/aromatic N) is 1. The summed E-state index contributed by atoms with van der Waals surface area (Å²) in [6.07, 6.45) is -2.84. The van der Waals surface area contributed by atoms with Crippen LogP contribution in [-0.4, -0.2) is 36.7 Å². The maximum atomic E-state index is 12.6. The summed E-state index contributed by atoms with van der Waals surface area (Å²) < 4.78 is 30.4. The third-order valence-corrected chi connectivity index (χ3v) is 2.86. The molecule has 0 saturated heterocycles. The molecule has 0 spiro atoms. The highest BCUT2D eigenvalue weighted by Gasteiger charge is 2.19. The van der Waals surface area contributed by atoms with Crippen molar-refractivity contribution in [2.75, 3.05) is 20.1 Å². The van der Waals surface area contributed by atoms with Crippen molar-refractivity contribution in [2.45, 2.75) is 39.3 Å². The summed E-state index contributed by atoms with van der Waals surface area (Å²) >= 11 is 0. The lowest BCUT2D eigenvalue weighted by Gasteiger charge is -2.24. The smallest absolute Gasteiger partial charge is 0.410 e. The van der Waals surface area contributed by atoms with Gasteiger partial charge in [-0.05, 0) is 32.4 Å². The minimum Gasteiger partial charge on any atom is -0.444 e. The van der Waals surface area contributed by atoms with Crippen molar-refractivity contribution in [1.29, 1.82) is 0 Å². The molecular formula is C16H24F2N2O2. The van der Waals surface area contributed by atoms with E-state index in [0.29, 0.717) is 19.6 Å². The summed E-state index contributed by atoms with van der Waals surface area (Å²) in [6.45, 7) is 6.94. The van der Waals surface area contributed by atoms with Crippen LogP contribution in [0.25, 0.3) is 0 Å². The Labute approximate surface area is 130 Å². The van der Waals surface area contributed by atoms with Crippen LogP contribution in [0.1, 0.15) is 38.3 Å². The molecule has 0 atom stereocenters. The number of likely N-dealkylation sites (N-methyl/N-ethyl adjacent to an activating group) is 1. The van der Waals surface area contributed by atoms with E-state index >= 15 is 0 Å². The van der Waals surface area contributed by atoms with Crippen LogP contribution >= 0.6 is 0 Å². The number of rotatable bonds is 6. The molecule has 1 aromatic carbocycles. The monoisotopic (exact) mass is 314 g/mol. The molecule has 0 unspecified atom stereocenters. The second-order valence-electron chi connectivity index (χ2n) is 6.12. The Kier molecular flexibility index (Phi) is 6.74. The number of halogens is 2. The third kappa shape index (κ3) is 6.85. The molecule has 0 aromatic heterocycles. The number of alkyl halides is 2. The highest BCUT2D eigenvalue weighted by atomic mass is 19.3. The zero-order valence-corrected chi connectivity index (χ0v) is 13.5. The number of benzene rings is 1. The van der Waals surface area contributed by atoms with E-state index in [2.05, 4.69) is 5.32 Å². The van der Waals surface area contributed by atoms with Crippen LogP contribution in [0.5, 0.6) is 0 Å². The topological polar surface area (TPSA) is 41.6 Å². The molecule has 0 aliphatic carbocycles. The van der Waals surface area contributed by atoms with Crippen molar-refractivity contribution in [3.05, 3.63) is 35.4 Å². The van der Waals surface area contributed by atoms with E-state index in [9.17, 15) is 13.6 Å². The minimum atomic E-state index is -2.46. The Morgan fingerprint density at radius 2 is 2.05 bits per heavy atom. The summed E-state index contributed by atoms with van der Waals surface area (Å²) in [4.78, 5) is 13.2. The van der Waals surface area contributed by atoms with E-state index in [1.807, 2.05) is 20.8 Å². The fourth-order valence-corrected chi connectivity index (χ4v) is 1.75. The quantitative estimate of drug-likeness (QED) is 0.816. The number of hydrogen-bond acceptors (Lipinski definition) is 3. The van der Waals surface area contributed by atoms with Gasteiger partial charge in [-0.25, -0.2) is 13.6 Å². The lowest BCUT2D eigenvalue weighted by molar-refractivity contribution is 0.0300. The number of amides is 1. The van der Waals surface area contributed by atoms with E-state index < -0.39 is 12.0 Å². The maximum Gasteiger partial charge on any atom is 0.410 e. The zero-order valence-electron chi connectivity index (χ0n) is 13.5. The van der Waals surface area contributed by atoms with Crippen LogP contribution in [0.3, 0.4) is 0 Å². The molecule has 1 rings (SSSR count). The average Bonchev–Trinajstić information content (AvgIpc) is 2.41. The van der Waals surface area contributed by atoms with Gasteiger partial charge in [-0.2, -0.15) is 0 Å². The van der Waals surface area contributed by atoms with Crippen LogP contribution in [0.2, 0.25) is 0 Å². The fourth-order valence-electron chi connectivity index (χ4n) is 1.75. The molecule has 0 heterocycles. The van der Waals surface area contributed by atoms with Gasteiger partial charge >= 0.3 is 6.09 Å². The molecule has 1 aromatic rings. The summed E-state index contributed by atoms with van der Waals surface area (Å²) in [5.41, 5.74) is 0.289. The molecule has 0 radical (unpaired) electrons. The first-order valence-electron chi connectivity index (χ1n) is 7.21. The fraction of sp³-hybridized carbons (Fsp3) is 0.562. The number of carbonyl (C=O) groups is 1. The molecule has 0 aliphatic heterocycles. The Morgan fingerprint density at radius 3 is 2.64 bits per heavy atom. The molecule has 0 fully saturated rings. The van der Waals surface area contributed by atoms with Gasteiger partial charge in [0.2, 0.25) is 0 Å². The Bertz CT molecular complexity index is 487. The summed E-state index contributed by atoms with van der Waals surface area (Å²) in [5, 5.41) is 3.12. The van der Waals surface area contributed by atoms with Crippen molar-refractivity contribution in [3.63, 3.8) is 0 Å². The van der Waals surface area contributed by atoms with Crippen LogP contribution in [-0.2, 0) is 11.3 Å².